The number of benzene rings is 3. The average molecular weight is 405 g/mol. The van der Waals surface area contributed by atoms with Gasteiger partial charge in [0.05, 0.1) is 17.7 Å². The van der Waals surface area contributed by atoms with Crippen molar-refractivity contribution in [2.75, 3.05) is 17.7 Å². The summed E-state index contributed by atoms with van der Waals surface area (Å²) < 4.78 is 5.17. The number of carbonyl (C=O) groups is 2. The van der Waals surface area contributed by atoms with Gasteiger partial charge in [0, 0.05) is 28.9 Å². The van der Waals surface area contributed by atoms with Crippen molar-refractivity contribution in [2.45, 2.75) is 6.92 Å². The minimum atomic E-state index is -0.557. The van der Waals surface area contributed by atoms with E-state index in [0.717, 1.165) is 5.56 Å². The molecule has 2 N–H and O–H groups in total. The van der Waals surface area contributed by atoms with E-state index in [1.54, 1.807) is 42.5 Å². The normalized spacial score (nSPS) is 10.2. The molecule has 8 nitrogen and oxygen atoms in total. The zero-order valence-electron chi connectivity index (χ0n) is 16.3. The van der Waals surface area contributed by atoms with Crippen LogP contribution in [0.5, 0.6) is 5.75 Å². The standard InChI is InChI=1S/C22H19N3O5/c1-14-8-9-16(12-18(14)23-21(26)15-6-4-3-5-7-15)22(27)24-19-13-17(25(28)29)10-11-20(19)30-2/h3-13H,1-2H3,(H,23,26)(H,24,27). The summed E-state index contributed by atoms with van der Waals surface area (Å²) in [6.45, 7) is 1.81. The van der Waals surface area contributed by atoms with Crippen LogP contribution >= 0.6 is 0 Å². The summed E-state index contributed by atoms with van der Waals surface area (Å²) in [6, 6.07) is 17.5. The Morgan fingerprint density at radius 2 is 1.53 bits per heavy atom. The van der Waals surface area contributed by atoms with Gasteiger partial charge < -0.3 is 15.4 Å². The van der Waals surface area contributed by atoms with E-state index in [4.69, 9.17) is 4.74 Å². The van der Waals surface area contributed by atoms with Crippen LogP contribution in [0.2, 0.25) is 0 Å². The highest BCUT2D eigenvalue weighted by Crippen LogP contribution is 2.29. The van der Waals surface area contributed by atoms with Gasteiger partial charge in [-0.2, -0.15) is 0 Å². The van der Waals surface area contributed by atoms with Gasteiger partial charge in [-0.25, -0.2) is 0 Å². The molecule has 0 saturated carbocycles. The number of anilines is 2. The Kier molecular flexibility index (Phi) is 6.07. The number of methoxy groups -OCH3 is 1. The second-order valence-corrected chi connectivity index (χ2v) is 6.45. The molecule has 0 aliphatic rings. The zero-order valence-corrected chi connectivity index (χ0v) is 16.3. The molecule has 0 bridgehead atoms. The lowest BCUT2D eigenvalue weighted by molar-refractivity contribution is -0.384. The summed E-state index contributed by atoms with van der Waals surface area (Å²) in [7, 11) is 1.40. The number of aryl methyl sites for hydroxylation is 1. The number of ether oxygens (including phenoxy) is 1. The molecule has 8 heteroatoms. The molecule has 3 aromatic carbocycles. The summed E-state index contributed by atoms with van der Waals surface area (Å²) in [5, 5.41) is 16.4. The molecule has 0 aromatic heterocycles. The average Bonchev–Trinajstić information content (AvgIpc) is 2.75. The van der Waals surface area contributed by atoms with Gasteiger partial charge in [0.15, 0.2) is 0 Å². The van der Waals surface area contributed by atoms with Crippen molar-refractivity contribution >= 4 is 28.9 Å². The quantitative estimate of drug-likeness (QED) is 0.466. The monoisotopic (exact) mass is 405 g/mol. The molecule has 0 heterocycles. The Balaban J connectivity index is 1.84. The minimum Gasteiger partial charge on any atom is -0.495 e. The number of nitro benzene ring substituents is 1. The summed E-state index contributed by atoms with van der Waals surface area (Å²) in [5.74, 6) is -0.501. The number of nitro groups is 1. The fourth-order valence-corrected chi connectivity index (χ4v) is 2.78. The van der Waals surface area contributed by atoms with E-state index in [-0.39, 0.29) is 22.8 Å². The third-order valence-electron chi connectivity index (χ3n) is 4.43. The van der Waals surface area contributed by atoms with Crippen molar-refractivity contribution in [3.05, 3.63) is 93.5 Å². The molecule has 0 aliphatic heterocycles. The highest BCUT2D eigenvalue weighted by molar-refractivity contribution is 6.08. The van der Waals surface area contributed by atoms with E-state index in [1.807, 2.05) is 13.0 Å². The fourth-order valence-electron chi connectivity index (χ4n) is 2.78. The van der Waals surface area contributed by atoms with E-state index in [9.17, 15) is 19.7 Å². The van der Waals surface area contributed by atoms with E-state index in [0.29, 0.717) is 17.0 Å². The number of hydrogen-bond acceptors (Lipinski definition) is 5. The molecule has 3 aromatic rings. The van der Waals surface area contributed by atoms with Crippen LogP contribution in [0, 0.1) is 17.0 Å². The minimum absolute atomic E-state index is 0.173. The first-order valence-corrected chi connectivity index (χ1v) is 9.00. The van der Waals surface area contributed by atoms with Crippen LogP contribution in [0.15, 0.2) is 66.7 Å². The van der Waals surface area contributed by atoms with Gasteiger partial charge in [-0.1, -0.05) is 24.3 Å². The van der Waals surface area contributed by atoms with Crippen molar-refractivity contribution in [3.8, 4) is 5.75 Å². The molecule has 0 spiro atoms. The summed E-state index contributed by atoms with van der Waals surface area (Å²) >= 11 is 0. The zero-order chi connectivity index (χ0) is 21.7. The molecular formula is C22H19N3O5. The molecule has 0 aliphatic carbocycles. The number of hydrogen-bond donors (Lipinski definition) is 2. The molecule has 0 atom stereocenters. The van der Waals surface area contributed by atoms with Crippen molar-refractivity contribution < 1.29 is 19.2 Å². The van der Waals surface area contributed by atoms with Crippen LogP contribution in [0.25, 0.3) is 0 Å². The van der Waals surface area contributed by atoms with Gasteiger partial charge in [-0.3, -0.25) is 19.7 Å². The highest BCUT2D eigenvalue weighted by Gasteiger charge is 2.16. The number of nitrogens with one attached hydrogen (secondary N) is 2. The largest absolute Gasteiger partial charge is 0.495 e. The lowest BCUT2D eigenvalue weighted by Gasteiger charge is -2.13. The van der Waals surface area contributed by atoms with Crippen LogP contribution in [0.4, 0.5) is 17.1 Å². The SMILES string of the molecule is COc1ccc([N+](=O)[O-])cc1NC(=O)c1ccc(C)c(NC(=O)c2ccccc2)c1. The fraction of sp³-hybridized carbons (Fsp3) is 0.0909. The maximum Gasteiger partial charge on any atom is 0.271 e. The van der Waals surface area contributed by atoms with Crippen LogP contribution < -0.4 is 15.4 Å². The number of rotatable bonds is 6. The topological polar surface area (TPSA) is 111 Å². The van der Waals surface area contributed by atoms with E-state index in [2.05, 4.69) is 10.6 Å². The molecule has 0 fully saturated rings. The van der Waals surface area contributed by atoms with Gasteiger partial charge in [0.1, 0.15) is 5.75 Å². The molecule has 0 saturated heterocycles. The third-order valence-corrected chi connectivity index (χ3v) is 4.43. The van der Waals surface area contributed by atoms with Gasteiger partial charge in [0.25, 0.3) is 17.5 Å². The third kappa shape index (κ3) is 4.61. The van der Waals surface area contributed by atoms with Crippen molar-refractivity contribution in [3.63, 3.8) is 0 Å². The van der Waals surface area contributed by atoms with Crippen LogP contribution in [0.1, 0.15) is 26.3 Å². The smallest absolute Gasteiger partial charge is 0.271 e. The summed E-state index contributed by atoms with van der Waals surface area (Å²) in [6.07, 6.45) is 0. The number of non-ortho nitro benzene ring substituents is 1. The van der Waals surface area contributed by atoms with Gasteiger partial charge >= 0.3 is 0 Å². The van der Waals surface area contributed by atoms with E-state index < -0.39 is 10.8 Å². The molecule has 0 radical (unpaired) electrons. The lowest BCUT2D eigenvalue weighted by Crippen LogP contribution is -2.16. The van der Waals surface area contributed by atoms with Gasteiger partial charge in [-0.15, -0.1) is 0 Å². The maximum atomic E-state index is 12.7. The molecule has 30 heavy (non-hydrogen) atoms. The molecular weight excluding hydrogens is 386 g/mol. The molecule has 152 valence electrons. The molecule has 3 rings (SSSR count). The van der Waals surface area contributed by atoms with Crippen LogP contribution in [-0.4, -0.2) is 23.8 Å². The van der Waals surface area contributed by atoms with E-state index in [1.165, 1.54) is 25.3 Å². The Morgan fingerprint density at radius 3 is 2.20 bits per heavy atom. The van der Waals surface area contributed by atoms with Crippen molar-refractivity contribution in [1.82, 2.24) is 0 Å². The summed E-state index contributed by atoms with van der Waals surface area (Å²) in [5.41, 5.74) is 2.04. The van der Waals surface area contributed by atoms with E-state index >= 15 is 0 Å². The molecule has 2 amide bonds. The number of nitrogens with zero attached hydrogens (tertiary/aromatic N) is 1. The van der Waals surface area contributed by atoms with Crippen LogP contribution in [-0.2, 0) is 0 Å². The highest BCUT2D eigenvalue weighted by atomic mass is 16.6. The first-order chi connectivity index (χ1) is 14.4. The predicted molar refractivity (Wildman–Crippen MR) is 113 cm³/mol. The van der Waals surface area contributed by atoms with Crippen molar-refractivity contribution in [2.24, 2.45) is 0 Å². The lowest BCUT2D eigenvalue weighted by atomic mass is 10.1. The van der Waals surface area contributed by atoms with Gasteiger partial charge in [0.2, 0.25) is 0 Å². The Morgan fingerprint density at radius 1 is 0.867 bits per heavy atom. The Hall–Kier alpha value is -4.20. The second kappa shape index (κ2) is 8.87. The van der Waals surface area contributed by atoms with Crippen LogP contribution in [0.3, 0.4) is 0 Å². The maximum absolute atomic E-state index is 12.7. The Labute approximate surface area is 172 Å². The number of carbonyl (C=O) groups excluding carboxylic acids is 2. The molecule has 0 unspecified atom stereocenters. The van der Waals surface area contributed by atoms with Crippen molar-refractivity contribution in [1.29, 1.82) is 0 Å². The first-order valence-electron chi connectivity index (χ1n) is 9.00. The second-order valence-electron chi connectivity index (χ2n) is 6.45. The predicted octanol–water partition coefficient (Wildman–Crippen LogP) is 4.42. The Bertz CT molecular complexity index is 1110. The first kappa shape index (κ1) is 20.5. The number of amides is 2. The van der Waals surface area contributed by atoms with Gasteiger partial charge in [-0.05, 0) is 42.8 Å². The summed E-state index contributed by atoms with van der Waals surface area (Å²) in [4.78, 5) is 35.6.